The molecule has 15 heteroatoms. The molecule has 1 saturated heterocycles. The molecule has 2 aliphatic rings. The third-order valence-electron chi connectivity index (χ3n) is 5.76. The second-order valence-corrected chi connectivity index (χ2v) is 10.9. The summed E-state index contributed by atoms with van der Waals surface area (Å²) in [5, 5.41) is 26.4. The Bertz CT molecular complexity index is 1400. The van der Waals surface area contributed by atoms with Gasteiger partial charge in [-0.2, -0.15) is 0 Å². The Labute approximate surface area is 230 Å². The minimum atomic E-state index is -1.75. The van der Waals surface area contributed by atoms with Crippen LogP contribution in [0.3, 0.4) is 0 Å². The highest BCUT2D eigenvalue weighted by Gasteiger charge is 2.54. The molecule has 4 rings (SSSR count). The number of rotatable bonds is 10. The van der Waals surface area contributed by atoms with Crippen LogP contribution < -0.4 is 15.6 Å². The van der Waals surface area contributed by atoms with Crippen LogP contribution in [0, 0.1) is 0 Å². The fourth-order valence-electron chi connectivity index (χ4n) is 3.65. The van der Waals surface area contributed by atoms with Crippen molar-refractivity contribution >= 4 is 57.7 Å². The van der Waals surface area contributed by atoms with Gasteiger partial charge in [-0.1, -0.05) is 17.3 Å². The highest BCUT2D eigenvalue weighted by Crippen LogP contribution is 2.40. The largest absolute Gasteiger partial charge is 0.478 e. The van der Waals surface area contributed by atoms with Crippen LogP contribution in [0.5, 0.6) is 0 Å². The van der Waals surface area contributed by atoms with Crippen LogP contribution in [-0.4, -0.2) is 72.3 Å². The van der Waals surface area contributed by atoms with Gasteiger partial charge in [0.05, 0.1) is 0 Å². The van der Waals surface area contributed by atoms with Crippen LogP contribution >= 0.6 is 23.1 Å². The van der Waals surface area contributed by atoms with Crippen molar-refractivity contribution in [2.75, 3.05) is 11.5 Å². The fourth-order valence-corrected chi connectivity index (χ4v) is 5.52. The standard InChI is InChI=1S/C24H24N6O7S2/c1-24(2,22(35)36)37-28-15(14-12-39-23(25)26-14)18(31)27-16-19(32)30-17(21(33)34)13(11-38-20(16)30)7-6-10-29-8-4-3-5-9-29/h3-9,12,16,20H,10-11H2,1-2H3,(H4-,25,26,27,31,33,34,35,36)/p+1/b7-6+,28-15-/t16?,20-/m0/s1. The maximum atomic E-state index is 13.2. The first-order chi connectivity index (χ1) is 18.5. The van der Waals surface area contributed by atoms with Gasteiger partial charge in [0.2, 0.25) is 5.60 Å². The molecule has 0 aliphatic carbocycles. The minimum absolute atomic E-state index is 0.0333. The van der Waals surface area contributed by atoms with E-state index in [0.717, 1.165) is 16.2 Å². The highest BCUT2D eigenvalue weighted by molar-refractivity contribution is 8.00. The maximum absolute atomic E-state index is 13.2. The number of aromatic nitrogens is 2. The molecule has 0 bridgehead atoms. The quantitative estimate of drug-likeness (QED) is 0.136. The van der Waals surface area contributed by atoms with E-state index in [9.17, 15) is 29.4 Å². The summed E-state index contributed by atoms with van der Waals surface area (Å²) in [6.45, 7) is 3.02. The number of β-lactam (4-membered cyclic amide) rings is 1. The van der Waals surface area contributed by atoms with Crippen molar-refractivity contribution in [2.45, 2.75) is 37.4 Å². The van der Waals surface area contributed by atoms with Gasteiger partial charge in [0, 0.05) is 23.3 Å². The zero-order valence-corrected chi connectivity index (χ0v) is 22.4. The van der Waals surface area contributed by atoms with E-state index in [2.05, 4.69) is 15.5 Å². The van der Waals surface area contributed by atoms with Crippen LogP contribution in [0.1, 0.15) is 19.5 Å². The lowest BCUT2D eigenvalue weighted by Gasteiger charge is -2.49. The third-order valence-corrected chi connectivity index (χ3v) is 7.74. The third kappa shape index (κ3) is 5.93. The molecule has 2 amide bonds. The number of amides is 2. The molecule has 5 N–H and O–H groups in total. The van der Waals surface area contributed by atoms with Gasteiger partial charge < -0.3 is 26.1 Å². The summed E-state index contributed by atoms with van der Waals surface area (Å²) in [5.74, 6) is -3.73. The van der Waals surface area contributed by atoms with Gasteiger partial charge in [-0.3, -0.25) is 14.5 Å². The SMILES string of the molecule is CC(C)(O/N=C(\C(=O)NC1C(=O)N2C(C(=O)O)=C(/C=C/C[n+]3ccccc3)CS[C@@H]12)c1csc(N)n1)C(=O)O. The van der Waals surface area contributed by atoms with E-state index in [1.54, 1.807) is 6.08 Å². The first-order valence-corrected chi connectivity index (χ1v) is 13.5. The summed E-state index contributed by atoms with van der Waals surface area (Å²) in [4.78, 5) is 59.9. The molecule has 2 aromatic rings. The predicted octanol–water partition coefficient (Wildman–Crippen LogP) is 0.592. The number of pyridine rings is 1. The molecule has 1 fully saturated rings. The number of thiazole rings is 1. The number of aliphatic carboxylic acids is 2. The average Bonchev–Trinajstić information content (AvgIpc) is 3.32. The monoisotopic (exact) mass is 573 g/mol. The summed E-state index contributed by atoms with van der Waals surface area (Å²) < 4.78 is 1.91. The Morgan fingerprint density at radius 3 is 2.64 bits per heavy atom. The molecule has 0 saturated carbocycles. The lowest BCUT2D eigenvalue weighted by Crippen LogP contribution is -2.71. The van der Waals surface area contributed by atoms with Crippen molar-refractivity contribution in [3.05, 3.63) is 65.1 Å². The molecule has 1 unspecified atom stereocenters. The number of nitrogen functional groups attached to an aromatic ring is 1. The van der Waals surface area contributed by atoms with Crippen molar-refractivity contribution < 1.29 is 38.8 Å². The number of nitrogens with one attached hydrogen (secondary N) is 1. The Balaban J connectivity index is 1.52. The molecule has 2 atom stereocenters. The zero-order valence-electron chi connectivity index (χ0n) is 20.8. The number of nitrogens with zero attached hydrogens (tertiary/aromatic N) is 4. The van der Waals surface area contributed by atoms with Crippen LogP contribution in [0.4, 0.5) is 5.13 Å². The summed E-state index contributed by atoms with van der Waals surface area (Å²) in [6, 6.07) is 4.60. The molecular weight excluding hydrogens is 548 g/mol. The van der Waals surface area contributed by atoms with E-state index in [1.165, 1.54) is 31.0 Å². The number of oxime groups is 1. The van der Waals surface area contributed by atoms with Crippen molar-refractivity contribution in [3.63, 3.8) is 0 Å². The molecule has 204 valence electrons. The molecule has 2 aliphatic heterocycles. The van der Waals surface area contributed by atoms with Crippen molar-refractivity contribution in [3.8, 4) is 0 Å². The summed E-state index contributed by atoms with van der Waals surface area (Å²) in [5.41, 5.74) is 3.91. The fraction of sp³-hybridized carbons (Fsp3) is 0.292. The number of carbonyl (C=O) groups is 4. The highest BCUT2D eigenvalue weighted by atomic mass is 32.2. The Hall–Kier alpha value is -4.24. The zero-order chi connectivity index (χ0) is 28.3. The molecular formula is C24H25N6O7S2+. The van der Waals surface area contributed by atoms with E-state index >= 15 is 0 Å². The first-order valence-electron chi connectivity index (χ1n) is 11.5. The van der Waals surface area contributed by atoms with E-state index in [1.807, 2.05) is 41.2 Å². The Morgan fingerprint density at radius 1 is 1.31 bits per heavy atom. The molecule has 0 spiro atoms. The molecule has 0 aromatic carbocycles. The number of allylic oxidation sites excluding steroid dienone is 2. The van der Waals surface area contributed by atoms with Gasteiger partial charge in [0.25, 0.3) is 11.8 Å². The van der Waals surface area contributed by atoms with Gasteiger partial charge in [0.15, 0.2) is 29.8 Å². The van der Waals surface area contributed by atoms with Gasteiger partial charge in [0.1, 0.15) is 22.8 Å². The van der Waals surface area contributed by atoms with E-state index in [-0.39, 0.29) is 22.2 Å². The van der Waals surface area contributed by atoms with Crippen LogP contribution in [-0.2, 0) is 30.6 Å². The van der Waals surface area contributed by atoms with Crippen LogP contribution in [0.2, 0.25) is 0 Å². The normalized spacial score (nSPS) is 19.5. The van der Waals surface area contributed by atoms with E-state index in [4.69, 9.17) is 10.6 Å². The van der Waals surface area contributed by atoms with Crippen molar-refractivity contribution in [2.24, 2.45) is 5.16 Å². The van der Waals surface area contributed by atoms with Crippen LogP contribution in [0.25, 0.3) is 0 Å². The Kier molecular flexibility index (Phi) is 8.01. The number of hydrogen-bond acceptors (Lipinski definition) is 10. The minimum Gasteiger partial charge on any atom is -0.478 e. The topological polar surface area (TPSA) is 188 Å². The number of carbonyl (C=O) groups excluding carboxylic acids is 2. The molecule has 0 radical (unpaired) electrons. The van der Waals surface area contributed by atoms with E-state index in [0.29, 0.717) is 17.9 Å². The number of nitrogens with two attached hydrogens (primary N) is 1. The summed E-state index contributed by atoms with van der Waals surface area (Å²) in [6.07, 6.45) is 7.24. The van der Waals surface area contributed by atoms with Crippen molar-refractivity contribution in [1.29, 1.82) is 0 Å². The lowest BCUT2D eigenvalue weighted by atomic mass is 10.0. The van der Waals surface area contributed by atoms with Gasteiger partial charge in [-0.25, -0.2) is 19.1 Å². The number of anilines is 1. The molecule has 4 heterocycles. The Morgan fingerprint density at radius 2 is 2.03 bits per heavy atom. The smallest absolute Gasteiger partial charge is 0.352 e. The van der Waals surface area contributed by atoms with Gasteiger partial charge in [-0.05, 0) is 25.5 Å². The molecule has 13 nitrogen and oxygen atoms in total. The lowest BCUT2D eigenvalue weighted by molar-refractivity contribution is -0.687. The van der Waals surface area contributed by atoms with Gasteiger partial charge in [-0.15, -0.1) is 23.1 Å². The van der Waals surface area contributed by atoms with E-state index < -0.39 is 40.8 Å². The number of thioether (sulfide) groups is 1. The predicted molar refractivity (Wildman–Crippen MR) is 141 cm³/mol. The maximum Gasteiger partial charge on any atom is 0.352 e. The number of hydrogen-bond donors (Lipinski definition) is 4. The summed E-state index contributed by atoms with van der Waals surface area (Å²) in [7, 11) is 0. The average molecular weight is 574 g/mol. The first kappa shape index (κ1) is 27.8. The number of carboxylic acids is 2. The van der Waals surface area contributed by atoms with Crippen LogP contribution in [0.15, 0.2) is 64.6 Å². The number of fused-ring (bicyclic) bond motifs is 1. The second-order valence-electron chi connectivity index (χ2n) is 8.93. The molecule has 2 aromatic heterocycles. The second kappa shape index (κ2) is 11.2. The molecule has 39 heavy (non-hydrogen) atoms. The number of carboxylic acid groups (broad SMARTS) is 2. The van der Waals surface area contributed by atoms with Gasteiger partial charge >= 0.3 is 11.9 Å². The summed E-state index contributed by atoms with van der Waals surface area (Å²) >= 11 is 2.34. The van der Waals surface area contributed by atoms with Crippen molar-refractivity contribution in [1.82, 2.24) is 15.2 Å².